The van der Waals surface area contributed by atoms with Crippen LogP contribution in [-0.4, -0.2) is 128 Å². The predicted molar refractivity (Wildman–Crippen MR) is 205 cm³/mol. The molecule has 4 amide bonds. The van der Waals surface area contributed by atoms with Gasteiger partial charge in [0.05, 0.1) is 49.2 Å². The Hall–Kier alpha value is -2.71. The number of nitrogens with zero attached hydrogens (tertiary/aromatic N) is 3. The summed E-state index contributed by atoms with van der Waals surface area (Å²) in [5, 5.41) is 16.6. The Morgan fingerprint density at radius 3 is 2.04 bits per heavy atom. The summed E-state index contributed by atoms with van der Waals surface area (Å²) in [6.45, 7) is 14.2. The van der Waals surface area contributed by atoms with Crippen LogP contribution in [0.1, 0.15) is 85.8 Å². The maximum Gasteiger partial charge on any atom is 0.242 e. The van der Waals surface area contributed by atoms with Crippen LogP contribution in [0.3, 0.4) is 0 Å². The highest BCUT2D eigenvalue weighted by Gasteiger charge is 2.38. The number of nitrogens with one attached hydrogen (secondary N) is 2. The topological polar surface area (TPSA) is 141 Å². The number of hydrogen-bond donors (Lipinski definition) is 4. The average molecular weight is 738 g/mol. The van der Waals surface area contributed by atoms with Crippen molar-refractivity contribution in [1.82, 2.24) is 25.3 Å². The van der Waals surface area contributed by atoms with Gasteiger partial charge >= 0.3 is 0 Å². The van der Waals surface area contributed by atoms with Crippen molar-refractivity contribution in [2.45, 2.75) is 111 Å². The number of carbonyl (C=O) groups is 4. The maximum atomic E-state index is 14.2. The van der Waals surface area contributed by atoms with Crippen LogP contribution in [-0.2, 0) is 28.7 Å². The number of thiol groups is 1. The largest absolute Gasteiger partial charge is 0.386 e. The second kappa shape index (κ2) is 23.8. The Morgan fingerprint density at radius 2 is 1.53 bits per heavy atom. The van der Waals surface area contributed by atoms with Crippen LogP contribution in [0.2, 0.25) is 0 Å². The van der Waals surface area contributed by atoms with Crippen LogP contribution in [0, 0.1) is 17.8 Å². The second-order valence-electron chi connectivity index (χ2n) is 14.0. The Morgan fingerprint density at radius 1 is 0.902 bits per heavy atom. The molecule has 13 heteroatoms. The van der Waals surface area contributed by atoms with Gasteiger partial charge in [0.2, 0.25) is 23.6 Å². The fraction of sp³-hybridized carbons (Fsp3) is 0.737. The molecule has 0 aliphatic carbocycles. The lowest BCUT2D eigenvalue weighted by Gasteiger charge is -2.40. The van der Waals surface area contributed by atoms with Gasteiger partial charge in [-0.05, 0) is 44.7 Å². The zero-order valence-electron chi connectivity index (χ0n) is 32.9. The quantitative estimate of drug-likeness (QED) is 0.0930. The molecule has 0 bridgehead atoms. The minimum absolute atomic E-state index is 0.0316. The van der Waals surface area contributed by atoms with Gasteiger partial charge in [-0.2, -0.15) is 12.6 Å². The predicted octanol–water partition coefficient (Wildman–Crippen LogP) is 3.74. The van der Waals surface area contributed by atoms with E-state index in [0.717, 1.165) is 12.8 Å². The van der Waals surface area contributed by atoms with Crippen LogP contribution in [0.25, 0.3) is 0 Å². The van der Waals surface area contributed by atoms with Crippen molar-refractivity contribution >= 4 is 36.3 Å². The highest BCUT2D eigenvalue weighted by molar-refractivity contribution is 7.80. The summed E-state index contributed by atoms with van der Waals surface area (Å²) in [4.78, 5) is 59.5. The van der Waals surface area contributed by atoms with E-state index < -0.39 is 42.5 Å². The molecule has 292 valence electrons. The Labute approximate surface area is 312 Å². The van der Waals surface area contributed by atoms with Gasteiger partial charge in [0.15, 0.2) is 0 Å². The summed E-state index contributed by atoms with van der Waals surface area (Å²) in [6.07, 6.45) is -0.297. The number of amides is 4. The lowest BCUT2D eigenvalue weighted by atomic mass is 9.90. The Kier molecular flexibility index (Phi) is 21.6. The first-order chi connectivity index (χ1) is 24.1. The van der Waals surface area contributed by atoms with E-state index >= 15 is 0 Å². The highest BCUT2D eigenvalue weighted by Crippen LogP contribution is 2.25. The molecule has 0 radical (unpaired) electrons. The first-order valence-corrected chi connectivity index (χ1v) is 19.0. The zero-order chi connectivity index (χ0) is 38.8. The number of aliphatic hydroxyl groups is 1. The first-order valence-electron chi connectivity index (χ1n) is 18.3. The summed E-state index contributed by atoms with van der Waals surface area (Å²) in [6, 6.07) is 7.64. The second-order valence-corrected chi connectivity index (χ2v) is 14.4. The summed E-state index contributed by atoms with van der Waals surface area (Å²) < 4.78 is 11.8. The van der Waals surface area contributed by atoms with E-state index in [4.69, 9.17) is 9.47 Å². The standard InChI is InChI=1S/C38H67N5O7S/c1-12-14-20-43(38(50-11)27(6)36(47)40-28(7)35(46)29-18-16-15-17-19-29)31(44)23-30(49-10)34(26(5)13-2)42(9)32(45)24-39-37(48)33(25(3)4)41(8)21-22-51/h15-19,25-28,30,33-35,38,46,51H,12-14,20-24H2,1-11H3,(H,39,48)(H,40,47). The molecule has 0 heterocycles. The molecule has 0 spiro atoms. The Bertz CT molecular complexity index is 1190. The van der Waals surface area contributed by atoms with E-state index in [9.17, 15) is 24.3 Å². The van der Waals surface area contributed by atoms with E-state index in [1.807, 2.05) is 64.8 Å². The van der Waals surface area contributed by atoms with Crippen molar-refractivity contribution in [1.29, 1.82) is 0 Å². The molecule has 8 atom stereocenters. The fourth-order valence-electron chi connectivity index (χ4n) is 6.57. The normalized spacial score (nSPS) is 16.4. The molecule has 8 unspecified atom stereocenters. The van der Waals surface area contributed by atoms with Crippen LogP contribution in [0.4, 0.5) is 0 Å². The van der Waals surface area contributed by atoms with Gasteiger partial charge in [-0.1, -0.05) is 77.8 Å². The van der Waals surface area contributed by atoms with Gasteiger partial charge < -0.3 is 35.0 Å². The lowest BCUT2D eigenvalue weighted by molar-refractivity contribution is -0.158. The third-order valence-electron chi connectivity index (χ3n) is 9.82. The average Bonchev–Trinajstić information content (AvgIpc) is 3.11. The fourth-order valence-corrected chi connectivity index (χ4v) is 6.88. The number of hydrogen-bond acceptors (Lipinski definition) is 9. The summed E-state index contributed by atoms with van der Waals surface area (Å²) in [5.41, 5.74) is 0.685. The van der Waals surface area contributed by atoms with Crippen LogP contribution in [0.15, 0.2) is 30.3 Å². The van der Waals surface area contributed by atoms with Crippen molar-refractivity contribution < 1.29 is 33.8 Å². The highest BCUT2D eigenvalue weighted by atomic mass is 32.1. The molecule has 1 aromatic carbocycles. The molecular formula is C38H67N5O7S. The minimum atomic E-state index is -0.912. The zero-order valence-corrected chi connectivity index (χ0v) is 33.8. The monoisotopic (exact) mass is 737 g/mol. The smallest absolute Gasteiger partial charge is 0.242 e. The van der Waals surface area contributed by atoms with Gasteiger partial charge in [0.1, 0.15) is 6.23 Å². The van der Waals surface area contributed by atoms with Gasteiger partial charge in [-0.3, -0.25) is 24.1 Å². The maximum absolute atomic E-state index is 14.2. The number of ether oxygens (including phenoxy) is 2. The molecule has 3 N–H and O–H groups in total. The third-order valence-corrected chi connectivity index (χ3v) is 10.0. The van der Waals surface area contributed by atoms with Crippen LogP contribution >= 0.6 is 12.6 Å². The summed E-state index contributed by atoms with van der Waals surface area (Å²) >= 11 is 4.29. The van der Waals surface area contributed by atoms with E-state index in [1.165, 1.54) is 14.2 Å². The summed E-state index contributed by atoms with van der Waals surface area (Å²) in [7, 11) is 6.55. The SMILES string of the molecule is CCCCN(C(=O)CC(OC)C(C(C)CC)N(C)C(=O)CNC(=O)C(C(C)C)N(C)CCS)C(OC)C(C)C(=O)NC(C)C(O)c1ccccc1. The van der Waals surface area contributed by atoms with Gasteiger partial charge in [0.25, 0.3) is 0 Å². The molecule has 12 nitrogen and oxygen atoms in total. The molecule has 0 fully saturated rings. The van der Waals surface area contributed by atoms with Crippen molar-refractivity contribution in [2.24, 2.45) is 17.8 Å². The molecule has 1 aromatic rings. The van der Waals surface area contributed by atoms with Gasteiger partial charge in [0, 0.05) is 40.1 Å². The number of likely N-dealkylation sites (N-methyl/N-ethyl adjacent to an activating group) is 2. The van der Waals surface area contributed by atoms with Crippen LogP contribution < -0.4 is 10.6 Å². The van der Waals surface area contributed by atoms with E-state index in [-0.39, 0.29) is 48.4 Å². The van der Waals surface area contributed by atoms with Crippen molar-refractivity contribution in [2.75, 3.05) is 53.7 Å². The Balaban J connectivity index is 3.19. The van der Waals surface area contributed by atoms with Gasteiger partial charge in [-0.25, -0.2) is 0 Å². The van der Waals surface area contributed by atoms with Crippen molar-refractivity contribution in [3.63, 3.8) is 0 Å². The molecular weight excluding hydrogens is 671 g/mol. The third kappa shape index (κ3) is 14.0. The van der Waals surface area contributed by atoms with E-state index in [2.05, 4.69) is 23.3 Å². The molecule has 0 saturated carbocycles. The minimum Gasteiger partial charge on any atom is -0.386 e. The molecule has 0 saturated heterocycles. The number of benzene rings is 1. The molecule has 0 aromatic heterocycles. The number of rotatable bonds is 24. The van der Waals surface area contributed by atoms with E-state index in [0.29, 0.717) is 30.8 Å². The molecule has 1 rings (SSSR count). The number of aliphatic hydroxyl groups excluding tert-OH is 1. The number of methoxy groups -OCH3 is 2. The first kappa shape index (κ1) is 46.3. The molecule has 0 aliphatic heterocycles. The number of carbonyl (C=O) groups excluding carboxylic acids is 4. The molecule has 51 heavy (non-hydrogen) atoms. The number of unbranched alkanes of at least 4 members (excludes halogenated alkanes) is 1. The summed E-state index contributed by atoms with van der Waals surface area (Å²) in [5.74, 6) is -1.32. The molecule has 0 aliphatic rings. The van der Waals surface area contributed by atoms with Crippen molar-refractivity contribution in [3.05, 3.63) is 35.9 Å². The van der Waals surface area contributed by atoms with Crippen LogP contribution in [0.5, 0.6) is 0 Å². The van der Waals surface area contributed by atoms with Crippen molar-refractivity contribution in [3.8, 4) is 0 Å². The van der Waals surface area contributed by atoms with Gasteiger partial charge in [-0.15, -0.1) is 0 Å². The van der Waals surface area contributed by atoms with E-state index in [1.54, 1.807) is 42.8 Å². The lowest BCUT2D eigenvalue weighted by Crippen LogP contribution is -2.56.